The number of benzene rings is 1. The average molecular weight is 353 g/mol. The summed E-state index contributed by atoms with van der Waals surface area (Å²) in [6, 6.07) is 6.30. The number of carbonyl (C=O) groups excluding carboxylic acids is 1. The molecule has 5 nitrogen and oxygen atoms in total. The summed E-state index contributed by atoms with van der Waals surface area (Å²) in [6.45, 7) is 5.88. The van der Waals surface area contributed by atoms with Gasteiger partial charge in [-0.05, 0) is 45.4 Å². The molecule has 1 aliphatic rings. The summed E-state index contributed by atoms with van der Waals surface area (Å²) in [4.78, 5) is 12.2. The molecule has 2 heterocycles. The minimum absolute atomic E-state index is 0. The summed E-state index contributed by atoms with van der Waals surface area (Å²) in [7, 11) is 0. The highest BCUT2D eigenvalue weighted by Gasteiger charge is 2.22. The lowest BCUT2D eigenvalue weighted by Crippen LogP contribution is -2.37. The summed E-state index contributed by atoms with van der Waals surface area (Å²) in [5, 5.41) is 15.9. The van der Waals surface area contributed by atoms with Crippen LogP contribution < -0.4 is 10.6 Å². The van der Waals surface area contributed by atoms with Crippen molar-refractivity contribution < 1.29 is 4.79 Å². The largest absolute Gasteiger partial charge is 0.316 e. The quantitative estimate of drug-likeness (QED) is 0.890. The minimum Gasteiger partial charge on any atom is -0.316 e. The van der Waals surface area contributed by atoms with Crippen LogP contribution in [-0.2, 0) is 4.79 Å². The molecule has 1 saturated heterocycles. The van der Waals surface area contributed by atoms with Crippen LogP contribution in [0.25, 0.3) is 10.6 Å². The monoisotopic (exact) mass is 352 g/mol. The Morgan fingerprint density at radius 1 is 1.26 bits per heavy atom. The number of aryl methyl sites for hydroxylation is 2. The maximum Gasteiger partial charge on any atom is 0.230 e. The first-order valence-electron chi connectivity index (χ1n) is 7.55. The summed E-state index contributed by atoms with van der Waals surface area (Å²) < 4.78 is 0. The van der Waals surface area contributed by atoms with E-state index in [9.17, 15) is 4.79 Å². The molecule has 1 aromatic heterocycles. The molecule has 1 aliphatic heterocycles. The molecule has 0 radical (unpaired) electrons. The molecule has 1 amide bonds. The van der Waals surface area contributed by atoms with E-state index in [2.05, 4.69) is 52.9 Å². The van der Waals surface area contributed by atoms with Gasteiger partial charge in [-0.25, -0.2) is 0 Å². The molecule has 3 rings (SSSR count). The van der Waals surface area contributed by atoms with Gasteiger partial charge in [-0.15, -0.1) is 22.6 Å². The van der Waals surface area contributed by atoms with Crippen LogP contribution in [0.5, 0.6) is 0 Å². The van der Waals surface area contributed by atoms with Gasteiger partial charge in [-0.3, -0.25) is 4.79 Å². The third-order valence-electron chi connectivity index (χ3n) is 3.79. The SMILES string of the molecule is Cc1cc(C)cc(-c2nnc(NC(=O)C3CCCNC3)s2)c1.Cl. The standard InChI is InChI=1S/C16H20N4OS.ClH/c1-10-6-11(2)8-13(7-10)15-19-20-16(22-15)18-14(21)12-4-3-5-17-9-12;/h6-8,12,17H,3-5,9H2,1-2H3,(H,18,20,21);1H. The number of halogens is 1. The maximum absolute atomic E-state index is 12.2. The number of amides is 1. The van der Waals surface area contributed by atoms with E-state index in [0.29, 0.717) is 5.13 Å². The van der Waals surface area contributed by atoms with Crippen LogP contribution in [0.1, 0.15) is 24.0 Å². The lowest BCUT2D eigenvalue weighted by atomic mass is 9.99. The maximum atomic E-state index is 12.2. The molecule has 1 fully saturated rings. The molecule has 0 aliphatic carbocycles. The smallest absolute Gasteiger partial charge is 0.230 e. The van der Waals surface area contributed by atoms with E-state index in [0.717, 1.165) is 36.5 Å². The zero-order valence-corrected chi connectivity index (χ0v) is 14.9. The van der Waals surface area contributed by atoms with Crippen molar-refractivity contribution >= 4 is 34.8 Å². The predicted octanol–water partition coefficient (Wildman–Crippen LogP) is 3.18. The fraction of sp³-hybridized carbons (Fsp3) is 0.438. The Hall–Kier alpha value is -1.50. The Bertz CT molecular complexity index is 662. The van der Waals surface area contributed by atoms with Gasteiger partial charge in [0.2, 0.25) is 11.0 Å². The number of hydrogen-bond acceptors (Lipinski definition) is 5. The summed E-state index contributed by atoms with van der Waals surface area (Å²) in [5.41, 5.74) is 3.45. The Kier molecular flexibility index (Phi) is 6.10. The highest BCUT2D eigenvalue weighted by molar-refractivity contribution is 7.18. The van der Waals surface area contributed by atoms with Crippen molar-refractivity contribution in [1.29, 1.82) is 0 Å². The highest BCUT2D eigenvalue weighted by Crippen LogP contribution is 2.28. The lowest BCUT2D eigenvalue weighted by molar-refractivity contribution is -0.120. The number of anilines is 1. The fourth-order valence-electron chi connectivity index (χ4n) is 2.77. The molecule has 7 heteroatoms. The normalized spacial score (nSPS) is 17.4. The Morgan fingerprint density at radius 2 is 2.00 bits per heavy atom. The number of nitrogens with one attached hydrogen (secondary N) is 2. The summed E-state index contributed by atoms with van der Waals surface area (Å²) >= 11 is 1.42. The second kappa shape index (κ2) is 7.86. The molecular weight excluding hydrogens is 332 g/mol. The zero-order chi connectivity index (χ0) is 15.5. The van der Waals surface area contributed by atoms with Crippen LogP contribution in [0.15, 0.2) is 18.2 Å². The number of aromatic nitrogens is 2. The van der Waals surface area contributed by atoms with Crippen LogP contribution in [-0.4, -0.2) is 29.2 Å². The second-order valence-corrected chi connectivity index (χ2v) is 6.80. The predicted molar refractivity (Wildman–Crippen MR) is 96.3 cm³/mol. The van der Waals surface area contributed by atoms with Gasteiger partial charge in [0.15, 0.2) is 0 Å². The van der Waals surface area contributed by atoms with Crippen LogP contribution in [0.3, 0.4) is 0 Å². The minimum atomic E-state index is 0. The molecule has 23 heavy (non-hydrogen) atoms. The number of hydrogen-bond donors (Lipinski definition) is 2. The summed E-state index contributed by atoms with van der Waals surface area (Å²) in [6.07, 6.45) is 1.98. The van der Waals surface area contributed by atoms with Gasteiger partial charge >= 0.3 is 0 Å². The van der Waals surface area contributed by atoms with E-state index in [1.54, 1.807) is 0 Å². The van der Waals surface area contributed by atoms with Crippen molar-refractivity contribution in [1.82, 2.24) is 15.5 Å². The fourth-order valence-corrected chi connectivity index (χ4v) is 3.51. The number of carbonyl (C=O) groups is 1. The van der Waals surface area contributed by atoms with Gasteiger partial charge in [0.05, 0.1) is 5.92 Å². The molecule has 1 unspecified atom stereocenters. The number of rotatable bonds is 3. The van der Waals surface area contributed by atoms with Crippen molar-refractivity contribution in [3.63, 3.8) is 0 Å². The van der Waals surface area contributed by atoms with E-state index < -0.39 is 0 Å². The zero-order valence-electron chi connectivity index (χ0n) is 13.3. The van der Waals surface area contributed by atoms with Crippen LogP contribution in [0.4, 0.5) is 5.13 Å². The molecule has 0 bridgehead atoms. The molecule has 2 aromatic rings. The molecule has 124 valence electrons. The van der Waals surface area contributed by atoms with E-state index in [4.69, 9.17) is 0 Å². The third-order valence-corrected chi connectivity index (χ3v) is 4.68. The highest BCUT2D eigenvalue weighted by atomic mass is 35.5. The van der Waals surface area contributed by atoms with Gasteiger partial charge in [0.25, 0.3) is 0 Å². The molecule has 1 atom stereocenters. The third kappa shape index (κ3) is 4.50. The first kappa shape index (κ1) is 17.8. The van der Waals surface area contributed by atoms with Crippen LogP contribution in [0, 0.1) is 19.8 Å². The lowest BCUT2D eigenvalue weighted by Gasteiger charge is -2.21. The van der Waals surface area contributed by atoms with Gasteiger partial charge in [-0.2, -0.15) is 0 Å². The molecular formula is C16H21ClN4OS. The van der Waals surface area contributed by atoms with Crippen LogP contribution in [0.2, 0.25) is 0 Å². The van der Waals surface area contributed by atoms with Crippen molar-refractivity contribution in [3.05, 3.63) is 29.3 Å². The first-order chi connectivity index (χ1) is 10.6. The summed E-state index contributed by atoms with van der Waals surface area (Å²) in [5.74, 6) is 0.0673. The van der Waals surface area contributed by atoms with Crippen molar-refractivity contribution in [3.8, 4) is 10.6 Å². The average Bonchev–Trinajstić information content (AvgIpc) is 2.96. The van der Waals surface area contributed by atoms with E-state index in [-0.39, 0.29) is 24.2 Å². The Labute approximate surface area is 146 Å². The van der Waals surface area contributed by atoms with Gasteiger partial charge in [-0.1, -0.05) is 28.5 Å². The van der Waals surface area contributed by atoms with E-state index in [1.165, 1.54) is 22.5 Å². The molecule has 1 aromatic carbocycles. The Balaban J connectivity index is 0.00000192. The van der Waals surface area contributed by atoms with Crippen LogP contribution >= 0.6 is 23.7 Å². The van der Waals surface area contributed by atoms with Gasteiger partial charge in [0.1, 0.15) is 5.01 Å². The molecule has 0 spiro atoms. The van der Waals surface area contributed by atoms with Crippen molar-refractivity contribution in [2.75, 3.05) is 18.4 Å². The molecule has 2 N–H and O–H groups in total. The van der Waals surface area contributed by atoms with Gasteiger partial charge in [0, 0.05) is 12.1 Å². The molecule has 0 saturated carbocycles. The topological polar surface area (TPSA) is 66.9 Å². The Morgan fingerprint density at radius 3 is 2.65 bits per heavy atom. The van der Waals surface area contributed by atoms with E-state index in [1.807, 2.05) is 0 Å². The van der Waals surface area contributed by atoms with Gasteiger partial charge < -0.3 is 10.6 Å². The number of nitrogens with zero attached hydrogens (tertiary/aromatic N) is 2. The van der Waals surface area contributed by atoms with Crippen molar-refractivity contribution in [2.45, 2.75) is 26.7 Å². The second-order valence-electron chi connectivity index (χ2n) is 5.82. The van der Waals surface area contributed by atoms with E-state index >= 15 is 0 Å². The number of piperidine rings is 1. The van der Waals surface area contributed by atoms with Crippen molar-refractivity contribution in [2.24, 2.45) is 5.92 Å². The first-order valence-corrected chi connectivity index (χ1v) is 8.37.